The molecule has 2 aromatic carbocycles. The van der Waals surface area contributed by atoms with Gasteiger partial charge in [-0.15, -0.1) is 24.0 Å². The molecule has 0 aliphatic carbocycles. The third-order valence-electron chi connectivity index (χ3n) is 4.72. The van der Waals surface area contributed by atoms with Crippen molar-refractivity contribution in [1.82, 2.24) is 10.6 Å². The average Bonchev–Trinajstić information content (AvgIpc) is 3.16. The number of nitrogens with one attached hydrogen (secondary N) is 2. The van der Waals surface area contributed by atoms with Gasteiger partial charge >= 0.3 is 6.61 Å². The van der Waals surface area contributed by atoms with E-state index in [2.05, 4.69) is 37.4 Å². The van der Waals surface area contributed by atoms with Gasteiger partial charge in [-0.1, -0.05) is 42.5 Å². The summed E-state index contributed by atoms with van der Waals surface area (Å²) in [5.74, 6) is 0.961. The first-order valence-corrected chi connectivity index (χ1v) is 9.45. The van der Waals surface area contributed by atoms with E-state index < -0.39 is 6.61 Å². The van der Waals surface area contributed by atoms with Gasteiger partial charge in [0.05, 0.1) is 5.69 Å². The number of hydrogen-bond acceptors (Lipinski definition) is 3. The van der Waals surface area contributed by atoms with Gasteiger partial charge in [-0.05, 0) is 30.5 Å². The van der Waals surface area contributed by atoms with Gasteiger partial charge in [0.1, 0.15) is 5.75 Å². The molecule has 0 aromatic heterocycles. The summed E-state index contributed by atoms with van der Waals surface area (Å²) in [5, 5.41) is 6.75. The number of guanidine groups is 1. The molecule has 1 aliphatic heterocycles. The summed E-state index contributed by atoms with van der Waals surface area (Å²) in [4.78, 5) is 6.35. The van der Waals surface area contributed by atoms with E-state index in [0.717, 1.165) is 31.9 Å². The molecule has 1 aliphatic rings. The van der Waals surface area contributed by atoms with Crippen LogP contribution in [0.2, 0.25) is 0 Å². The molecule has 5 nitrogen and oxygen atoms in total. The van der Waals surface area contributed by atoms with Crippen molar-refractivity contribution in [2.24, 2.45) is 4.99 Å². The maximum atomic E-state index is 12.6. The Morgan fingerprint density at radius 3 is 2.62 bits per heavy atom. The summed E-state index contributed by atoms with van der Waals surface area (Å²) < 4.78 is 30.0. The zero-order chi connectivity index (χ0) is 19.8. The molecular formula is C21H27F2IN4O. The second-order valence-electron chi connectivity index (χ2n) is 6.66. The molecule has 1 heterocycles. The number of alkyl halides is 2. The van der Waals surface area contributed by atoms with Crippen molar-refractivity contribution >= 4 is 35.6 Å². The predicted molar refractivity (Wildman–Crippen MR) is 124 cm³/mol. The summed E-state index contributed by atoms with van der Waals surface area (Å²) in [6, 6.07) is 17.4. The van der Waals surface area contributed by atoms with Crippen LogP contribution in [0.1, 0.15) is 12.0 Å². The van der Waals surface area contributed by atoms with Crippen molar-refractivity contribution < 1.29 is 13.5 Å². The molecule has 158 valence electrons. The number of halogens is 3. The Bertz CT molecular complexity index is 776. The van der Waals surface area contributed by atoms with Gasteiger partial charge in [-0.25, -0.2) is 0 Å². The summed E-state index contributed by atoms with van der Waals surface area (Å²) in [6.07, 6.45) is 1.80. The third kappa shape index (κ3) is 7.02. The van der Waals surface area contributed by atoms with Gasteiger partial charge in [0, 0.05) is 32.7 Å². The monoisotopic (exact) mass is 516 g/mol. The highest BCUT2D eigenvalue weighted by atomic mass is 127. The maximum absolute atomic E-state index is 12.6. The van der Waals surface area contributed by atoms with Crippen molar-refractivity contribution in [3.63, 3.8) is 0 Å². The molecule has 1 saturated heterocycles. The van der Waals surface area contributed by atoms with E-state index in [-0.39, 0.29) is 35.8 Å². The molecule has 0 radical (unpaired) electrons. The Morgan fingerprint density at radius 2 is 1.90 bits per heavy atom. The first kappa shape index (κ1) is 23.2. The molecule has 2 aromatic rings. The average molecular weight is 516 g/mol. The van der Waals surface area contributed by atoms with Gasteiger partial charge in [-0.3, -0.25) is 4.99 Å². The van der Waals surface area contributed by atoms with Crippen molar-refractivity contribution in [1.29, 1.82) is 0 Å². The van der Waals surface area contributed by atoms with Gasteiger partial charge in [0.25, 0.3) is 0 Å². The van der Waals surface area contributed by atoms with Gasteiger partial charge in [-0.2, -0.15) is 8.78 Å². The zero-order valence-electron chi connectivity index (χ0n) is 16.4. The molecule has 0 amide bonds. The van der Waals surface area contributed by atoms with E-state index in [1.54, 1.807) is 19.2 Å². The normalized spacial score (nSPS) is 16.5. The summed E-state index contributed by atoms with van der Waals surface area (Å²) in [6.45, 7) is -0.582. The highest BCUT2D eigenvalue weighted by Gasteiger charge is 2.25. The number of rotatable bonds is 7. The summed E-state index contributed by atoms with van der Waals surface area (Å²) >= 11 is 0. The van der Waals surface area contributed by atoms with E-state index in [4.69, 9.17) is 0 Å². The molecule has 0 spiro atoms. The first-order valence-electron chi connectivity index (χ1n) is 9.45. The second kappa shape index (κ2) is 11.8. The van der Waals surface area contributed by atoms with Crippen LogP contribution in [0.4, 0.5) is 14.5 Å². The van der Waals surface area contributed by atoms with Crippen LogP contribution in [0.5, 0.6) is 5.75 Å². The minimum absolute atomic E-state index is 0. The standard InChI is InChI=1S/C21H26F2N4O.HI/c1-24-21(25-13-11-16-7-3-2-4-8-16)26-17-12-14-27(15-17)18-9-5-6-10-19(18)28-20(22)23;/h2-10,17,20H,11-15H2,1H3,(H2,24,25,26);1H. The number of anilines is 1. The quantitative estimate of drug-likeness (QED) is 0.333. The molecule has 2 N–H and O–H groups in total. The van der Waals surface area contributed by atoms with Crippen LogP contribution in [0.25, 0.3) is 0 Å². The zero-order valence-corrected chi connectivity index (χ0v) is 18.7. The Labute approximate surface area is 187 Å². The predicted octanol–water partition coefficient (Wildman–Crippen LogP) is 3.89. The number of ether oxygens (including phenoxy) is 1. The number of aliphatic imine (C=N–C) groups is 1. The summed E-state index contributed by atoms with van der Waals surface area (Å²) in [7, 11) is 1.75. The lowest BCUT2D eigenvalue weighted by atomic mass is 10.1. The fourth-order valence-corrected chi connectivity index (χ4v) is 3.37. The van der Waals surface area contributed by atoms with Crippen LogP contribution in [0, 0.1) is 0 Å². The molecule has 29 heavy (non-hydrogen) atoms. The van der Waals surface area contributed by atoms with Crippen LogP contribution >= 0.6 is 24.0 Å². The smallest absolute Gasteiger partial charge is 0.387 e. The fourth-order valence-electron chi connectivity index (χ4n) is 3.37. The minimum atomic E-state index is -2.83. The third-order valence-corrected chi connectivity index (χ3v) is 4.72. The highest BCUT2D eigenvalue weighted by molar-refractivity contribution is 14.0. The second-order valence-corrected chi connectivity index (χ2v) is 6.66. The SMILES string of the molecule is CN=C(NCCc1ccccc1)NC1CCN(c2ccccc2OC(F)F)C1.I. The topological polar surface area (TPSA) is 48.9 Å². The molecule has 1 fully saturated rings. The summed E-state index contributed by atoms with van der Waals surface area (Å²) in [5.41, 5.74) is 1.97. The maximum Gasteiger partial charge on any atom is 0.387 e. The molecule has 8 heteroatoms. The van der Waals surface area contributed by atoms with E-state index >= 15 is 0 Å². The molecule has 0 saturated carbocycles. The van der Waals surface area contributed by atoms with Crippen LogP contribution in [-0.2, 0) is 6.42 Å². The Kier molecular flexibility index (Phi) is 9.43. The van der Waals surface area contributed by atoms with Gasteiger partial charge in [0.2, 0.25) is 0 Å². The Balaban J connectivity index is 0.00000300. The van der Waals surface area contributed by atoms with Crippen molar-refractivity contribution in [3.8, 4) is 5.75 Å². The lowest BCUT2D eigenvalue weighted by molar-refractivity contribution is -0.0495. The lowest BCUT2D eigenvalue weighted by Gasteiger charge is -2.22. The molecule has 0 bridgehead atoms. The largest absolute Gasteiger partial charge is 0.433 e. The fraction of sp³-hybridized carbons (Fsp3) is 0.381. The van der Waals surface area contributed by atoms with Crippen LogP contribution in [-0.4, -0.2) is 45.3 Å². The van der Waals surface area contributed by atoms with E-state index in [9.17, 15) is 8.78 Å². The first-order chi connectivity index (χ1) is 13.7. The minimum Gasteiger partial charge on any atom is -0.433 e. The van der Waals surface area contributed by atoms with Crippen LogP contribution in [0.15, 0.2) is 59.6 Å². The molecule has 1 unspecified atom stereocenters. The number of benzene rings is 2. The van der Waals surface area contributed by atoms with E-state index in [1.165, 1.54) is 5.56 Å². The van der Waals surface area contributed by atoms with Gasteiger partial charge in [0.15, 0.2) is 5.96 Å². The molecule has 1 atom stereocenters. The van der Waals surface area contributed by atoms with E-state index in [1.807, 2.05) is 30.3 Å². The number of para-hydroxylation sites is 2. The van der Waals surface area contributed by atoms with E-state index in [0.29, 0.717) is 12.2 Å². The Hall–Kier alpha value is -2.10. The van der Waals surface area contributed by atoms with Crippen LogP contribution < -0.4 is 20.3 Å². The number of hydrogen-bond donors (Lipinski definition) is 2. The van der Waals surface area contributed by atoms with Crippen molar-refractivity contribution in [2.75, 3.05) is 31.6 Å². The van der Waals surface area contributed by atoms with Crippen LogP contribution in [0.3, 0.4) is 0 Å². The molecular weight excluding hydrogens is 489 g/mol. The highest BCUT2D eigenvalue weighted by Crippen LogP contribution is 2.31. The van der Waals surface area contributed by atoms with Gasteiger partial charge < -0.3 is 20.3 Å². The molecule has 3 rings (SSSR count). The lowest BCUT2D eigenvalue weighted by Crippen LogP contribution is -2.45. The van der Waals surface area contributed by atoms with Crippen molar-refractivity contribution in [3.05, 3.63) is 60.2 Å². The van der Waals surface area contributed by atoms with Crippen molar-refractivity contribution in [2.45, 2.75) is 25.5 Å². The Morgan fingerprint density at radius 1 is 1.17 bits per heavy atom. The number of nitrogens with zero attached hydrogens (tertiary/aromatic N) is 2.